The molecular weight excluding hydrogens is 248 g/mol. The van der Waals surface area contributed by atoms with E-state index in [4.69, 9.17) is 5.26 Å². The summed E-state index contributed by atoms with van der Waals surface area (Å²) in [6, 6.07) is 15.2. The van der Waals surface area contributed by atoms with E-state index in [1.807, 2.05) is 32.0 Å². The van der Waals surface area contributed by atoms with E-state index in [2.05, 4.69) is 17.5 Å². The highest BCUT2D eigenvalue weighted by molar-refractivity contribution is 6.05. The van der Waals surface area contributed by atoms with Crippen LogP contribution in [0.4, 0.5) is 5.69 Å². The molecule has 2 aromatic rings. The second-order valence-electron chi connectivity index (χ2n) is 4.82. The number of anilines is 1. The molecule has 3 nitrogen and oxygen atoms in total. The maximum atomic E-state index is 12.3. The molecule has 0 heterocycles. The molecule has 1 amide bonds. The Balaban J connectivity index is 2.26. The largest absolute Gasteiger partial charge is 0.322 e. The van der Waals surface area contributed by atoms with Crippen molar-refractivity contribution in [3.8, 4) is 6.07 Å². The van der Waals surface area contributed by atoms with Crippen LogP contribution in [0.2, 0.25) is 0 Å². The zero-order chi connectivity index (χ0) is 14.5. The molecule has 2 rings (SSSR count). The summed E-state index contributed by atoms with van der Waals surface area (Å²) in [6.07, 6.45) is 0.233. The van der Waals surface area contributed by atoms with Crippen LogP contribution in [-0.2, 0) is 6.42 Å². The van der Waals surface area contributed by atoms with Crippen molar-refractivity contribution >= 4 is 11.6 Å². The Bertz CT molecular complexity index is 663. The predicted octanol–water partition coefficient (Wildman–Crippen LogP) is 3.62. The lowest BCUT2D eigenvalue weighted by atomic mass is 10.0. The normalized spacial score (nSPS) is 9.85. The van der Waals surface area contributed by atoms with Gasteiger partial charge in [0.15, 0.2) is 0 Å². The highest BCUT2D eigenvalue weighted by Gasteiger charge is 2.11. The fourth-order valence-electron chi connectivity index (χ4n) is 2.23. The first-order valence-electron chi connectivity index (χ1n) is 6.44. The molecule has 0 saturated heterocycles. The quantitative estimate of drug-likeness (QED) is 0.920. The van der Waals surface area contributed by atoms with Crippen molar-refractivity contribution in [2.75, 3.05) is 5.32 Å². The Morgan fingerprint density at radius 1 is 1.15 bits per heavy atom. The van der Waals surface area contributed by atoms with Crippen LogP contribution in [0.3, 0.4) is 0 Å². The van der Waals surface area contributed by atoms with E-state index < -0.39 is 0 Å². The lowest BCUT2D eigenvalue weighted by molar-refractivity contribution is 0.102. The predicted molar refractivity (Wildman–Crippen MR) is 79.6 cm³/mol. The van der Waals surface area contributed by atoms with E-state index in [1.54, 1.807) is 18.2 Å². The van der Waals surface area contributed by atoms with Crippen LogP contribution >= 0.6 is 0 Å². The summed E-state index contributed by atoms with van der Waals surface area (Å²) in [5, 5.41) is 11.7. The van der Waals surface area contributed by atoms with Crippen molar-refractivity contribution < 1.29 is 4.79 Å². The first-order chi connectivity index (χ1) is 9.60. The maximum absolute atomic E-state index is 12.3. The minimum Gasteiger partial charge on any atom is -0.322 e. The van der Waals surface area contributed by atoms with Gasteiger partial charge in [-0.25, -0.2) is 0 Å². The number of nitrogens with one attached hydrogen (secondary N) is 1. The Labute approximate surface area is 118 Å². The number of benzene rings is 2. The molecule has 0 spiro atoms. The van der Waals surface area contributed by atoms with Crippen molar-refractivity contribution in [3.63, 3.8) is 0 Å². The maximum Gasteiger partial charge on any atom is 0.255 e. The van der Waals surface area contributed by atoms with Crippen LogP contribution in [0.25, 0.3) is 0 Å². The van der Waals surface area contributed by atoms with Crippen LogP contribution in [0, 0.1) is 25.2 Å². The number of nitriles is 1. The molecule has 0 aliphatic heterocycles. The molecule has 0 unspecified atom stereocenters. The van der Waals surface area contributed by atoms with Crippen molar-refractivity contribution in [1.29, 1.82) is 5.26 Å². The molecule has 0 aliphatic rings. The van der Waals surface area contributed by atoms with Gasteiger partial charge in [-0.05, 0) is 48.7 Å². The molecule has 20 heavy (non-hydrogen) atoms. The molecule has 2 aromatic carbocycles. The molecule has 0 fully saturated rings. The number of carbonyl (C=O) groups is 1. The summed E-state index contributed by atoms with van der Waals surface area (Å²) in [5.41, 5.74) is 4.28. The van der Waals surface area contributed by atoms with E-state index in [9.17, 15) is 4.79 Å². The smallest absolute Gasteiger partial charge is 0.255 e. The Morgan fingerprint density at radius 3 is 2.45 bits per heavy atom. The van der Waals surface area contributed by atoms with Gasteiger partial charge in [0.05, 0.1) is 12.5 Å². The minimum absolute atomic E-state index is 0.180. The summed E-state index contributed by atoms with van der Waals surface area (Å²) < 4.78 is 0. The monoisotopic (exact) mass is 264 g/mol. The van der Waals surface area contributed by atoms with Crippen LogP contribution in [0.5, 0.6) is 0 Å². The third kappa shape index (κ3) is 3.24. The van der Waals surface area contributed by atoms with Gasteiger partial charge in [-0.3, -0.25) is 4.79 Å². The number of hydrogen-bond acceptors (Lipinski definition) is 2. The third-order valence-corrected chi connectivity index (χ3v) is 3.01. The first kappa shape index (κ1) is 13.8. The van der Waals surface area contributed by atoms with Crippen molar-refractivity contribution in [2.24, 2.45) is 0 Å². The number of amides is 1. The van der Waals surface area contributed by atoms with Crippen molar-refractivity contribution in [1.82, 2.24) is 0 Å². The highest BCUT2D eigenvalue weighted by Crippen LogP contribution is 2.16. The molecule has 0 radical (unpaired) electrons. The van der Waals surface area contributed by atoms with Gasteiger partial charge in [0, 0.05) is 11.3 Å². The lowest BCUT2D eigenvalue weighted by Crippen LogP contribution is -2.14. The molecule has 0 aromatic heterocycles. The Kier molecular flexibility index (Phi) is 4.17. The molecule has 0 atom stereocenters. The molecule has 0 aliphatic carbocycles. The van der Waals surface area contributed by atoms with E-state index in [0.29, 0.717) is 5.56 Å². The summed E-state index contributed by atoms with van der Waals surface area (Å²) in [7, 11) is 0. The van der Waals surface area contributed by atoms with Gasteiger partial charge >= 0.3 is 0 Å². The number of hydrogen-bond donors (Lipinski definition) is 1. The third-order valence-electron chi connectivity index (χ3n) is 3.01. The van der Waals surface area contributed by atoms with E-state index in [1.165, 1.54) is 0 Å². The van der Waals surface area contributed by atoms with Crippen LogP contribution in [0.1, 0.15) is 27.0 Å². The average molecular weight is 264 g/mol. The topological polar surface area (TPSA) is 52.9 Å². The SMILES string of the molecule is Cc1cc(C)cc(NC(=O)c2ccccc2CC#N)c1. The number of carbonyl (C=O) groups excluding carboxylic acids is 1. The number of rotatable bonds is 3. The lowest BCUT2D eigenvalue weighted by Gasteiger charge is -2.09. The van der Waals surface area contributed by atoms with E-state index in [0.717, 1.165) is 22.4 Å². The van der Waals surface area contributed by atoms with Gasteiger partial charge in [-0.15, -0.1) is 0 Å². The van der Waals surface area contributed by atoms with Crippen molar-refractivity contribution in [2.45, 2.75) is 20.3 Å². The van der Waals surface area contributed by atoms with Gasteiger partial charge in [-0.2, -0.15) is 5.26 Å². The summed E-state index contributed by atoms with van der Waals surface area (Å²) in [5.74, 6) is -0.180. The summed E-state index contributed by atoms with van der Waals surface area (Å²) in [4.78, 5) is 12.3. The first-order valence-corrected chi connectivity index (χ1v) is 6.44. The highest BCUT2D eigenvalue weighted by atomic mass is 16.1. The van der Waals surface area contributed by atoms with E-state index >= 15 is 0 Å². The van der Waals surface area contributed by atoms with Gasteiger partial charge in [0.25, 0.3) is 5.91 Å². The van der Waals surface area contributed by atoms with Gasteiger partial charge in [0.2, 0.25) is 0 Å². The summed E-state index contributed by atoms with van der Waals surface area (Å²) >= 11 is 0. The zero-order valence-corrected chi connectivity index (χ0v) is 11.6. The summed E-state index contributed by atoms with van der Waals surface area (Å²) in [6.45, 7) is 3.98. The fraction of sp³-hybridized carbons (Fsp3) is 0.176. The van der Waals surface area contributed by atoms with Gasteiger partial charge in [-0.1, -0.05) is 24.3 Å². The standard InChI is InChI=1S/C17H16N2O/c1-12-9-13(2)11-15(10-12)19-17(20)16-6-4-3-5-14(16)7-8-18/h3-6,9-11H,7H2,1-2H3,(H,19,20). The van der Waals surface area contributed by atoms with Crippen LogP contribution < -0.4 is 5.32 Å². The minimum atomic E-state index is -0.180. The van der Waals surface area contributed by atoms with Gasteiger partial charge in [0.1, 0.15) is 0 Å². The molecular formula is C17H16N2O. The Morgan fingerprint density at radius 2 is 1.80 bits per heavy atom. The molecule has 1 N–H and O–H groups in total. The average Bonchev–Trinajstić information content (AvgIpc) is 2.38. The van der Waals surface area contributed by atoms with E-state index in [-0.39, 0.29) is 12.3 Å². The number of aryl methyl sites for hydroxylation is 2. The second-order valence-corrected chi connectivity index (χ2v) is 4.82. The number of nitrogens with zero attached hydrogens (tertiary/aromatic N) is 1. The zero-order valence-electron chi connectivity index (χ0n) is 11.6. The fourth-order valence-corrected chi connectivity index (χ4v) is 2.23. The molecule has 0 saturated carbocycles. The van der Waals surface area contributed by atoms with Crippen LogP contribution in [-0.4, -0.2) is 5.91 Å². The van der Waals surface area contributed by atoms with Gasteiger partial charge < -0.3 is 5.32 Å². The Hall–Kier alpha value is -2.60. The molecule has 3 heteroatoms. The molecule has 0 bridgehead atoms. The molecule has 100 valence electrons. The van der Waals surface area contributed by atoms with Crippen molar-refractivity contribution in [3.05, 3.63) is 64.7 Å². The van der Waals surface area contributed by atoms with Crippen LogP contribution in [0.15, 0.2) is 42.5 Å². The second kappa shape index (κ2) is 6.03.